The molecule has 1 N–H and O–H groups in total. The highest BCUT2D eigenvalue weighted by Gasteiger charge is 1.98. The van der Waals surface area contributed by atoms with Crippen LogP contribution in [0.4, 0.5) is 0 Å². The molecule has 0 saturated carbocycles. The number of aldehydes is 1. The number of aromatic nitrogens is 1. The van der Waals surface area contributed by atoms with E-state index < -0.39 is 0 Å². The summed E-state index contributed by atoms with van der Waals surface area (Å²) in [6.45, 7) is 2.28. The van der Waals surface area contributed by atoms with E-state index in [0.717, 1.165) is 12.7 Å². The van der Waals surface area contributed by atoms with Crippen molar-refractivity contribution >= 4 is 6.29 Å². The lowest BCUT2D eigenvalue weighted by molar-refractivity contribution is 0.111. The second kappa shape index (κ2) is 17.1. The molecule has 0 amide bonds. The number of aryl methyl sites for hydroxylation is 1. The molecule has 1 aromatic rings. The lowest BCUT2D eigenvalue weighted by Crippen LogP contribution is -1.87. The summed E-state index contributed by atoms with van der Waals surface area (Å²) in [5, 5.41) is 0. The summed E-state index contributed by atoms with van der Waals surface area (Å²) in [6.07, 6.45) is 27.0. The van der Waals surface area contributed by atoms with Crippen LogP contribution >= 0.6 is 0 Å². The van der Waals surface area contributed by atoms with Crippen molar-refractivity contribution in [1.82, 2.24) is 4.98 Å². The quantitative estimate of drug-likeness (QED) is 0.162. The van der Waals surface area contributed by atoms with E-state index in [1.807, 2.05) is 12.1 Å². The van der Waals surface area contributed by atoms with Gasteiger partial charge in [0.05, 0.1) is 5.69 Å². The normalized spacial score (nSPS) is 11.4. The molecule has 1 rings (SSSR count). The first kappa shape index (κ1) is 22.7. The van der Waals surface area contributed by atoms with Gasteiger partial charge >= 0.3 is 0 Å². The van der Waals surface area contributed by atoms with E-state index in [2.05, 4.69) is 24.1 Å². The van der Waals surface area contributed by atoms with Crippen LogP contribution in [0.15, 0.2) is 24.3 Å². The molecule has 0 aliphatic rings. The molecule has 0 unspecified atom stereocenters. The Morgan fingerprint density at radius 3 is 1.81 bits per heavy atom. The summed E-state index contributed by atoms with van der Waals surface area (Å²) in [5.41, 5.74) is 1.89. The van der Waals surface area contributed by atoms with Gasteiger partial charge in [0.2, 0.25) is 0 Å². The molecule has 0 aliphatic heterocycles. The highest BCUT2D eigenvalue weighted by Crippen LogP contribution is 2.12. The number of H-pyrrole nitrogens is 1. The molecule has 2 nitrogen and oxygen atoms in total. The van der Waals surface area contributed by atoms with E-state index in [4.69, 9.17) is 0 Å². The monoisotopic (exact) mass is 359 g/mol. The first-order chi connectivity index (χ1) is 12.9. The van der Waals surface area contributed by atoms with E-state index in [0.29, 0.717) is 5.69 Å². The third kappa shape index (κ3) is 13.0. The van der Waals surface area contributed by atoms with Crippen LogP contribution in [-0.2, 0) is 6.42 Å². The van der Waals surface area contributed by atoms with Crippen LogP contribution in [0.3, 0.4) is 0 Å². The SMILES string of the molecule is CCCCCCCCC/C=C\CCCCCCCCc1ccc(C=O)[nH]1. The van der Waals surface area contributed by atoms with Gasteiger partial charge in [-0.15, -0.1) is 0 Å². The van der Waals surface area contributed by atoms with Gasteiger partial charge in [-0.1, -0.05) is 83.3 Å². The molecule has 0 atom stereocenters. The number of allylic oxidation sites excluding steroid dienone is 2. The lowest BCUT2D eigenvalue weighted by atomic mass is 10.1. The average molecular weight is 360 g/mol. The second-order valence-corrected chi connectivity index (χ2v) is 7.60. The Hall–Kier alpha value is -1.31. The van der Waals surface area contributed by atoms with Gasteiger partial charge < -0.3 is 4.98 Å². The molecule has 26 heavy (non-hydrogen) atoms. The van der Waals surface area contributed by atoms with Crippen molar-refractivity contribution in [1.29, 1.82) is 0 Å². The summed E-state index contributed by atoms with van der Waals surface area (Å²) in [5.74, 6) is 0. The zero-order chi connectivity index (χ0) is 18.7. The number of carbonyl (C=O) groups excluding carboxylic acids is 1. The number of unbranched alkanes of at least 4 members (excludes halogenated alkanes) is 13. The topological polar surface area (TPSA) is 32.9 Å². The third-order valence-electron chi connectivity index (χ3n) is 5.10. The van der Waals surface area contributed by atoms with Gasteiger partial charge in [0, 0.05) is 5.69 Å². The fraction of sp³-hybridized carbons (Fsp3) is 0.708. The number of aromatic amines is 1. The fourth-order valence-electron chi connectivity index (χ4n) is 3.41. The molecule has 148 valence electrons. The molecule has 0 saturated heterocycles. The summed E-state index contributed by atoms with van der Waals surface area (Å²) < 4.78 is 0. The zero-order valence-electron chi connectivity index (χ0n) is 17.1. The summed E-state index contributed by atoms with van der Waals surface area (Å²) >= 11 is 0. The highest BCUT2D eigenvalue weighted by molar-refractivity contribution is 5.71. The Labute approximate surface area is 161 Å². The minimum absolute atomic E-state index is 0.694. The van der Waals surface area contributed by atoms with Crippen molar-refractivity contribution in [2.45, 2.75) is 110 Å². The summed E-state index contributed by atoms with van der Waals surface area (Å²) in [6, 6.07) is 3.89. The van der Waals surface area contributed by atoms with Gasteiger partial charge in [-0.25, -0.2) is 0 Å². The Morgan fingerprint density at radius 1 is 0.731 bits per heavy atom. The van der Waals surface area contributed by atoms with E-state index in [1.54, 1.807) is 0 Å². The van der Waals surface area contributed by atoms with Crippen LogP contribution < -0.4 is 0 Å². The van der Waals surface area contributed by atoms with Crippen LogP contribution in [0.2, 0.25) is 0 Å². The van der Waals surface area contributed by atoms with Crippen LogP contribution in [0.1, 0.15) is 119 Å². The molecule has 0 fully saturated rings. The molecule has 2 heteroatoms. The van der Waals surface area contributed by atoms with Crippen LogP contribution in [0.25, 0.3) is 0 Å². The molecule has 1 heterocycles. The first-order valence-corrected chi connectivity index (χ1v) is 11.1. The standard InChI is InChI=1S/C24H41NO/c1-2-3-4-5-6-7-8-9-10-11-12-13-14-15-16-17-18-19-23-20-21-24(22-26)25-23/h10-11,20-22,25H,2-9,12-19H2,1H3/b11-10-. The zero-order valence-corrected chi connectivity index (χ0v) is 17.1. The van der Waals surface area contributed by atoms with Crippen molar-refractivity contribution in [3.05, 3.63) is 35.7 Å². The van der Waals surface area contributed by atoms with Crippen molar-refractivity contribution in [3.8, 4) is 0 Å². The van der Waals surface area contributed by atoms with Crippen LogP contribution in [0.5, 0.6) is 0 Å². The van der Waals surface area contributed by atoms with E-state index in [1.165, 1.54) is 102 Å². The molecular weight excluding hydrogens is 318 g/mol. The maximum absolute atomic E-state index is 10.6. The van der Waals surface area contributed by atoms with Gasteiger partial charge in [0.1, 0.15) is 0 Å². The number of nitrogens with one attached hydrogen (secondary N) is 1. The smallest absolute Gasteiger partial charge is 0.166 e. The maximum Gasteiger partial charge on any atom is 0.166 e. The Morgan fingerprint density at radius 2 is 1.27 bits per heavy atom. The largest absolute Gasteiger partial charge is 0.356 e. The van der Waals surface area contributed by atoms with Crippen molar-refractivity contribution < 1.29 is 4.79 Å². The van der Waals surface area contributed by atoms with Crippen molar-refractivity contribution in [3.63, 3.8) is 0 Å². The second-order valence-electron chi connectivity index (χ2n) is 7.60. The minimum atomic E-state index is 0.694. The minimum Gasteiger partial charge on any atom is -0.356 e. The maximum atomic E-state index is 10.6. The predicted octanol–water partition coefficient (Wildman–Crippen LogP) is 7.80. The van der Waals surface area contributed by atoms with E-state index >= 15 is 0 Å². The molecule has 0 aliphatic carbocycles. The van der Waals surface area contributed by atoms with Crippen molar-refractivity contribution in [2.24, 2.45) is 0 Å². The van der Waals surface area contributed by atoms with E-state index in [-0.39, 0.29) is 0 Å². The number of carbonyl (C=O) groups is 1. The van der Waals surface area contributed by atoms with Gasteiger partial charge in [0.25, 0.3) is 0 Å². The highest BCUT2D eigenvalue weighted by atomic mass is 16.1. The fourth-order valence-corrected chi connectivity index (χ4v) is 3.41. The summed E-state index contributed by atoms with van der Waals surface area (Å²) in [4.78, 5) is 13.8. The third-order valence-corrected chi connectivity index (χ3v) is 5.10. The lowest BCUT2D eigenvalue weighted by Gasteiger charge is -2.01. The Kier molecular flexibility index (Phi) is 15.0. The number of hydrogen-bond acceptors (Lipinski definition) is 1. The van der Waals surface area contributed by atoms with Gasteiger partial charge in [-0.3, -0.25) is 4.79 Å². The number of hydrogen-bond donors (Lipinski definition) is 1. The molecular formula is C24H41NO. The van der Waals surface area contributed by atoms with Crippen molar-refractivity contribution in [2.75, 3.05) is 0 Å². The first-order valence-electron chi connectivity index (χ1n) is 11.1. The van der Waals surface area contributed by atoms with E-state index in [9.17, 15) is 4.79 Å². The Balaban J connectivity index is 1.78. The molecule has 0 aromatic carbocycles. The van der Waals surface area contributed by atoms with Crippen LogP contribution in [-0.4, -0.2) is 11.3 Å². The molecule has 0 bridgehead atoms. The predicted molar refractivity (Wildman–Crippen MR) is 114 cm³/mol. The van der Waals surface area contributed by atoms with Crippen LogP contribution in [0, 0.1) is 0 Å². The van der Waals surface area contributed by atoms with Gasteiger partial charge in [-0.2, -0.15) is 0 Å². The number of rotatable bonds is 18. The summed E-state index contributed by atoms with van der Waals surface area (Å²) in [7, 11) is 0. The van der Waals surface area contributed by atoms with Gasteiger partial charge in [-0.05, 0) is 50.7 Å². The molecule has 0 radical (unpaired) electrons. The molecule has 1 aromatic heterocycles. The van der Waals surface area contributed by atoms with Gasteiger partial charge in [0.15, 0.2) is 6.29 Å². The average Bonchev–Trinajstić information content (AvgIpc) is 3.12. The molecule has 0 spiro atoms. The Bertz CT molecular complexity index is 461.